The quantitative estimate of drug-likeness (QED) is 0.160. The molecule has 0 unspecified atom stereocenters. The van der Waals surface area contributed by atoms with Crippen molar-refractivity contribution in [3.05, 3.63) is 118 Å². The lowest BCUT2D eigenvalue weighted by Gasteiger charge is -2.21. The first kappa shape index (κ1) is 28.0. The summed E-state index contributed by atoms with van der Waals surface area (Å²) < 4.78 is 34.8. The number of nitrogens with zero attached hydrogens (tertiary/aromatic N) is 2. The van der Waals surface area contributed by atoms with Crippen molar-refractivity contribution >= 4 is 49.7 Å². The average molecular weight is 610 g/mol. The third kappa shape index (κ3) is 7.73. The highest BCUT2D eigenvalue weighted by Crippen LogP contribution is 2.22. The summed E-state index contributed by atoms with van der Waals surface area (Å²) in [7, 11) is -3.84. The molecule has 0 fully saturated rings. The van der Waals surface area contributed by atoms with Crippen molar-refractivity contribution in [2.45, 2.75) is 24.9 Å². The van der Waals surface area contributed by atoms with E-state index in [4.69, 9.17) is 4.42 Å². The monoisotopic (exact) mass is 608 g/mol. The van der Waals surface area contributed by atoms with Crippen LogP contribution >= 0.6 is 15.9 Å². The van der Waals surface area contributed by atoms with E-state index in [2.05, 4.69) is 31.8 Å². The Bertz CT molecular complexity index is 1590. The molecule has 11 heteroatoms. The Morgan fingerprint density at radius 2 is 1.67 bits per heavy atom. The Morgan fingerprint density at radius 3 is 2.38 bits per heavy atom. The first-order chi connectivity index (χ1) is 18.7. The Morgan fingerprint density at radius 1 is 0.923 bits per heavy atom. The molecule has 0 aliphatic heterocycles. The number of aryl methyl sites for hydroxylation is 1. The largest absolute Gasteiger partial charge is 0.459 e. The van der Waals surface area contributed by atoms with E-state index in [9.17, 15) is 18.0 Å². The Hall–Kier alpha value is -4.06. The van der Waals surface area contributed by atoms with Crippen molar-refractivity contribution in [1.29, 1.82) is 0 Å². The van der Waals surface area contributed by atoms with E-state index in [1.165, 1.54) is 10.5 Å². The number of sulfonamides is 1. The van der Waals surface area contributed by atoms with Crippen molar-refractivity contribution in [2.75, 3.05) is 5.32 Å². The van der Waals surface area contributed by atoms with E-state index in [-0.39, 0.29) is 23.7 Å². The Kier molecular flexibility index (Phi) is 9.07. The third-order valence-corrected chi connectivity index (χ3v) is 7.82. The second-order valence-corrected chi connectivity index (χ2v) is 11.4. The number of hydrogen-bond donors (Lipinski definition) is 2. The molecular weight excluding hydrogens is 584 g/mol. The topological polar surface area (TPSA) is 121 Å². The molecule has 4 rings (SSSR count). The van der Waals surface area contributed by atoms with Gasteiger partial charge in [0.25, 0.3) is 0 Å². The van der Waals surface area contributed by atoms with E-state index in [1.54, 1.807) is 60.7 Å². The molecule has 4 aromatic rings. The summed E-state index contributed by atoms with van der Waals surface area (Å²) in [6, 6.07) is 26.0. The first-order valence-electron chi connectivity index (χ1n) is 11.8. The predicted octanol–water partition coefficient (Wildman–Crippen LogP) is 4.83. The molecule has 39 heavy (non-hydrogen) atoms. The molecular formula is C28H25BrN4O5S. The van der Waals surface area contributed by atoms with Gasteiger partial charge in [0.2, 0.25) is 10.0 Å². The molecule has 0 bridgehead atoms. The van der Waals surface area contributed by atoms with Gasteiger partial charge in [-0.1, -0.05) is 70.0 Å². The molecule has 0 radical (unpaired) electrons. The fourth-order valence-corrected chi connectivity index (χ4v) is 5.35. The van der Waals surface area contributed by atoms with Crippen molar-refractivity contribution in [3.8, 4) is 0 Å². The van der Waals surface area contributed by atoms with E-state index < -0.39 is 21.8 Å². The van der Waals surface area contributed by atoms with Crippen molar-refractivity contribution in [3.63, 3.8) is 0 Å². The van der Waals surface area contributed by atoms with Gasteiger partial charge in [-0.15, -0.1) is 0 Å². The van der Waals surface area contributed by atoms with Crippen LogP contribution < -0.4 is 10.7 Å². The lowest BCUT2D eigenvalue weighted by molar-refractivity contribution is -0.136. The Labute approximate surface area is 234 Å². The van der Waals surface area contributed by atoms with E-state index in [1.807, 2.05) is 37.3 Å². The smallest absolute Gasteiger partial charge is 0.329 e. The number of halogens is 1. The summed E-state index contributed by atoms with van der Waals surface area (Å²) in [5, 5.41) is 6.23. The maximum Gasteiger partial charge on any atom is 0.329 e. The van der Waals surface area contributed by atoms with Crippen LogP contribution in [0.3, 0.4) is 0 Å². The van der Waals surface area contributed by atoms with Crippen LogP contribution in [0.5, 0.6) is 0 Å². The number of hydrogen-bond acceptors (Lipinski definition) is 6. The van der Waals surface area contributed by atoms with Gasteiger partial charge in [-0.3, -0.25) is 9.59 Å². The molecule has 0 saturated carbocycles. The third-order valence-electron chi connectivity index (χ3n) is 5.52. The molecule has 0 atom stereocenters. The van der Waals surface area contributed by atoms with Gasteiger partial charge in [0.15, 0.2) is 0 Å². The minimum absolute atomic E-state index is 0.0274. The summed E-state index contributed by atoms with van der Waals surface area (Å²) in [6.07, 6.45) is 1.23. The highest BCUT2D eigenvalue weighted by Gasteiger charge is 2.26. The first-order valence-corrected chi connectivity index (χ1v) is 14.0. The number of nitrogens with one attached hydrogen (secondary N) is 2. The van der Waals surface area contributed by atoms with Gasteiger partial charge in [-0.2, -0.15) is 9.41 Å². The number of benzene rings is 3. The number of furan rings is 1. The van der Waals surface area contributed by atoms with E-state index in [0.717, 1.165) is 15.6 Å². The van der Waals surface area contributed by atoms with Gasteiger partial charge < -0.3 is 9.73 Å². The van der Waals surface area contributed by atoms with Crippen molar-refractivity contribution in [1.82, 2.24) is 9.73 Å². The van der Waals surface area contributed by atoms with Gasteiger partial charge in [0, 0.05) is 16.7 Å². The average Bonchev–Trinajstić information content (AvgIpc) is 3.36. The van der Waals surface area contributed by atoms with Gasteiger partial charge in [-0.25, -0.2) is 13.8 Å². The van der Waals surface area contributed by atoms with Crippen LogP contribution in [0.4, 0.5) is 5.69 Å². The predicted molar refractivity (Wildman–Crippen MR) is 151 cm³/mol. The molecule has 2 amide bonds. The van der Waals surface area contributed by atoms with Gasteiger partial charge in [0.05, 0.1) is 17.7 Å². The normalized spacial score (nSPS) is 11.6. The molecule has 1 aromatic heterocycles. The number of carbonyl (C=O) groups is 2. The second-order valence-electron chi connectivity index (χ2n) is 8.54. The van der Waals surface area contributed by atoms with Crippen LogP contribution in [0.25, 0.3) is 0 Å². The number of rotatable bonds is 9. The molecule has 0 aliphatic carbocycles. The number of hydrazone groups is 1. The lowest BCUT2D eigenvalue weighted by atomic mass is 10.2. The summed E-state index contributed by atoms with van der Waals surface area (Å²) >= 11 is 3.29. The minimum atomic E-state index is -3.84. The van der Waals surface area contributed by atoms with Gasteiger partial charge in [0.1, 0.15) is 11.5 Å². The summed E-state index contributed by atoms with van der Waals surface area (Å²) in [4.78, 5) is 24.3. The standard InChI is InChI=1S/C28H25BrN4O5S/c1-20-10-14-26(15-11-20)39(36,37)33(18-21-6-3-2-4-7-21)19-25-13-12-24(38-25)17-30-32-28(35)27(34)31-23-9-5-8-22(29)16-23/h2-17H,18-19H2,1H3,(H,31,34)(H,32,35)/b30-17+. The molecule has 2 N–H and O–H groups in total. The van der Waals surface area contributed by atoms with Gasteiger partial charge in [-0.05, 0) is 55.0 Å². The Balaban J connectivity index is 1.43. The summed E-state index contributed by atoms with van der Waals surface area (Å²) in [5.74, 6) is -1.20. The maximum absolute atomic E-state index is 13.5. The van der Waals surface area contributed by atoms with E-state index in [0.29, 0.717) is 11.4 Å². The zero-order valence-corrected chi connectivity index (χ0v) is 23.3. The zero-order chi connectivity index (χ0) is 27.8. The number of carbonyl (C=O) groups excluding carboxylic acids is 2. The molecule has 1 heterocycles. The second kappa shape index (κ2) is 12.7. The zero-order valence-electron chi connectivity index (χ0n) is 20.9. The lowest BCUT2D eigenvalue weighted by Crippen LogP contribution is -2.32. The summed E-state index contributed by atoms with van der Waals surface area (Å²) in [6.45, 7) is 2.01. The summed E-state index contributed by atoms with van der Waals surface area (Å²) in [5.41, 5.74) is 4.37. The SMILES string of the molecule is Cc1ccc(S(=O)(=O)N(Cc2ccccc2)Cc2ccc(/C=N/NC(=O)C(=O)Nc3cccc(Br)c3)o2)cc1. The molecule has 0 spiro atoms. The van der Waals surface area contributed by atoms with Crippen LogP contribution in [-0.4, -0.2) is 30.8 Å². The highest BCUT2D eigenvalue weighted by atomic mass is 79.9. The molecule has 0 aliphatic rings. The van der Waals surface area contributed by atoms with Crippen molar-refractivity contribution in [2.24, 2.45) is 5.10 Å². The maximum atomic E-state index is 13.5. The van der Waals surface area contributed by atoms with E-state index >= 15 is 0 Å². The molecule has 200 valence electrons. The fraction of sp³-hybridized carbons (Fsp3) is 0.107. The van der Waals surface area contributed by atoms with Gasteiger partial charge >= 0.3 is 11.8 Å². The fourth-order valence-electron chi connectivity index (χ4n) is 3.55. The van der Waals surface area contributed by atoms with Crippen LogP contribution in [0.2, 0.25) is 0 Å². The van der Waals surface area contributed by atoms with Crippen LogP contribution in [-0.2, 0) is 32.7 Å². The molecule has 0 saturated heterocycles. The highest BCUT2D eigenvalue weighted by molar-refractivity contribution is 9.10. The molecule has 9 nitrogen and oxygen atoms in total. The van der Waals surface area contributed by atoms with Crippen LogP contribution in [0.1, 0.15) is 22.6 Å². The molecule has 3 aromatic carbocycles. The van der Waals surface area contributed by atoms with Crippen LogP contribution in [0, 0.1) is 6.92 Å². The number of anilines is 1. The number of amides is 2. The van der Waals surface area contributed by atoms with Crippen LogP contribution in [0.15, 0.2) is 110 Å². The van der Waals surface area contributed by atoms with Crippen molar-refractivity contribution < 1.29 is 22.4 Å². The minimum Gasteiger partial charge on any atom is -0.459 e.